The van der Waals surface area contributed by atoms with E-state index in [2.05, 4.69) is 31.3 Å². The molecule has 0 aromatic rings. The molecule has 0 fully saturated rings. The lowest BCUT2D eigenvalue weighted by molar-refractivity contribution is -0.123. The zero-order chi connectivity index (χ0) is 45.3. The van der Waals surface area contributed by atoms with Gasteiger partial charge in [0.15, 0.2) is 0 Å². The molecule has 0 aliphatic rings. The molecule has 0 aromatic carbocycles. The van der Waals surface area contributed by atoms with E-state index in [9.17, 15) is 19.4 Å². The van der Waals surface area contributed by atoms with Gasteiger partial charge in [-0.2, -0.15) is 0 Å². The predicted molar refractivity (Wildman–Crippen MR) is 268 cm³/mol. The summed E-state index contributed by atoms with van der Waals surface area (Å²) in [6, 6.07) is -0.874. The number of aliphatic hydroxyl groups excluding tert-OH is 1. The lowest BCUT2D eigenvalue weighted by Crippen LogP contribution is -2.45. The van der Waals surface area contributed by atoms with E-state index in [0.717, 1.165) is 38.5 Å². The molecule has 8 nitrogen and oxygen atoms in total. The number of carbonyl (C=O) groups is 1. The van der Waals surface area contributed by atoms with Crippen molar-refractivity contribution < 1.29 is 28.4 Å². The van der Waals surface area contributed by atoms with Crippen molar-refractivity contribution in [3.63, 3.8) is 0 Å². The summed E-state index contributed by atoms with van der Waals surface area (Å²) >= 11 is 0. The van der Waals surface area contributed by atoms with E-state index in [1.807, 2.05) is 6.08 Å². The molecular formula is C53H105N2O6P. The number of amides is 1. The Morgan fingerprint density at radius 3 is 1.24 bits per heavy atom. The summed E-state index contributed by atoms with van der Waals surface area (Å²) in [7, 11) is -4.35. The van der Waals surface area contributed by atoms with Crippen LogP contribution in [-0.4, -0.2) is 47.8 Å². The Hall–Kier alpha value is -1.02. The summed E-state index contributed by atoms with van der Waals surface area (Å²) in [6.45, 7) is 4.16. The number of hydrogen-bond donors (Lipinski definition) is 4. The van der Waals surface area contributed by atoms with Crippen LogP contribution in [0.4, 0.5) is 0 Å². The monoisotopic (exact) mass is 897 g/mol. The van der Waals surface area contributed by atoms with E-state index in [1.54, 1.807) is 6.08 Å². The van der Waals surface area contributed by atoms with Crippen LogP contribution in [-0.2, 0) is 18.4 Å². The second kappa shape index (κ2) is 49.4. The number of unbranched alkanes of at least 4 members (excludes halogenated alkanes) is 37. The Balaban J connectivity index is 4.06. The summed E-state index contributed by atoms with van der Waals surface area (Å²) in [5.74, 6) is -0.198. The molecular weight excluding hydrogens is 792 g/mol. The average molecular weight is 897 g/mol. The topological polar surface area (TPSA) is 131 Å². The predicted octanol–water partition coefficient (Wildman–Crippen LogP) is 16.1. The van der Waals surface area contributed by atoms with Gasteiger partial charge in [0.2, 0.25) is 5.91 Å². The van der Waals surface area contributed by atoms with E-state index >= 15 is 0 Å². The van der Waals surface area contributed by atoms with E-state index in [0.29, 0.717) is 6.42 Å². The number of nitrogens with one attached hydrogen (secondary N) is 1. The van der Waals surface area contributed by atoms with Crippen LogP contribution < -0.4 is 11.1 Å². The molecule has 1 amide bonds. The molecule has 0 aliphatic carbocycles. The number of hydrogen-bond acceptors (Lipinski definition) is 6. The van der Waals surface area contributed by atoms with E-state index < -0.39 is 20.0 Å². The maximum atomic E-state index is 12.8. The van der Waals surface area contributed by atoms with E-state index in [1.165, 1.54) is 218 Å². The number of rotatable bonds is 51. The first-order valence-electron chi connectivity index (χ1n) is 27.0. The molecule has 0 radical (unpaired) electrons. The van der Waals surface area contributed by atoms with Gasteiger partial charge in [0.25, 0.3) is 0 Å². The molecule has 3 atom stereocenters. The molecule has 0 rings (SSSR count). The molecule has 9 heteroatoms. The van der Waals surface area contributed by atoms with Crippen LogP contribution in [0.3, 0.4) is 0 Å². The highest BCUT2D eigenvalue weighted by Gasteiger charge is 2.26. The minimum Gasteiger partial charge on any atom is -0.387 e. The maximum Gasteiger partial charge on any atom is 0.472 e. The van der Waals surface area contributed by atoms with Gasteiger partial charge in [0, 0.05) is 13.0 Å². The number of aliphatic hydroxyl groups is 1. The van der Waals surface area contributed by atoms with Crippen molar-refractivity contribution in [3.8, 4) is 0 Å². The molecule has 0 spiro atoms. The fourth-order valence-corrected chi connectivity index (χ4v) is 8.97. The van der Waals surface area contributed by atoms with Gasteiger partial charge in [0.05, 0.1) is 25.4 Å². The number of carbonyl (C=O) groups excluding carboxylic acids is 1. The third-order valence-corrected chi connectivity index (χ3v) is 13.3. The SMILES string of the molecule is CCCCCCCCCCCCCCCC/C=C/CC/C=C/C(O)C(COP(=O)(O)OCCN)NC(=O)CCCCCCCCCCCCCCCCCCCCCCCCC. The van der Waals surface area contributed by atoms with Crippen LogP contribution in [0.15, 0.2) is 24.3 Å². The van der Waals surface area contributed by atoms with Crippen molar-refractivity contribution >= 4 is 13.7 Å². The molecule has 0 aromatic heterocycles. The van der Waals surface area contributed by atoms with Gasteiger partial charge >= 0.3 is 7.82 Å². The first-order valence-corrected chi connectivity index (χ1v) is 28.5. The normalized spacial score (nSPS) is 14.0. The number of nitrogens with two attached hydrogens (primary N) is 1. The highest BCUT2D eigenvalue weighted by Crippen LogP contribution is 2.43. The zero-order valence-corrected chi connectivity index (χ0v) is 42.0. The van der Waals surface area contributed by atoms with Gasteiger partial charge in [-0.1, -0.05) is 263 Å². The second-order valence-electron chi connectivity index (χ2n) is 18.4. The zero-order valence-electron chi connectivity index (χ0n) is 41.1. The standard InChI is InChI=1S/C53H105N2O6P/c1-3-5-7-9-11-13-15-17-19-21-23-25-26-27-29-31-33-35-37-39-41-43-45-47-53(57)55-51(50-61-62(58,59)60-49-48-54)52(56)46-44-42-40-38-36-34-32-30-28-24-22-20-18-16-14-12-10-8-6-4-2/h36,38,44,46,51-52,56H,3-35,37,39-43,45,47-50,54H2,1-2H3,(H,55,57)(H,58,59)/b38-36+,46-44+. The first kappa shape index (κ1) is 61.0. The van der Waals surface area contributed by atoms with Gasteiger partial charge in [-0.05, 0) is 32.1 Å². The summed E-state index contributed by atoms with van der Waals surface area (Å²) in [6.07, 6.45) is 59.7. The lowest BCUT2D eigenvalue weighted by atomic mass is 10.0. The minimum absolute atomic E-state index is 0.0763. The number of phosphoric ester groups is 1. The van der Waals surface area contributed by atoms with Crippen LogP contribution in [0.5, 0.6) is 0 Å². The molecule has 0 heterocycles. The maximum absolute atomic E-state index is 12.8. The third kappa shape index (κ3) is 47.0. The summed E-state index contributed by atoms with van der Waals surface area (Å²) < 4.78 is 22.2. The third-order valence-electron chi connectivity index (χ3n) is 12.3. The van der Waals surface area contributed by atoms with Gasteiger partial charge in [-0.15, -0.1) is 0 Å². The first-order chi connectivity index (χ1) is 30.4. The van der Waals surface area contributed by atoms with Crippen molar-refractivity contribution in [2.24, 2.45) is 5.73 Å². The van der Waals surface area contributed by atoms with Crippen LogP contribution in [0.2, 0.25) is 0 Å². The Morgan fingerprint density at radius 2 is 0.855 bits per heavy atom. The average Bonchev–Trinajstić information content (AvgIpc) is 3.26. The van der Waals surface area contributed by atoms with Gasteiger partial charge < -0.3 is 21.1 Å². The smallest absolute Gasteiger partial charge is 0.387 e. The largest absolute Gasteiger partial charge is 0.472 e. The molecule has 5 N–H and O–H groups in total. The van der Waals surface area contributed by atoms with Crippen LogP contribution in [0.25, 0.3) is 0 Å². The fraction of sp³-hybridized carbons (Fsp3) is 0.906. The second-order valence-corrected chi connectivity index (χ2v) is 19.9. The lowest BCUT2D eigenvalue weighted by Gasteiger charge is -2.23. The summed E-state index contributed by atoms with van der Waals surface area (Å²) in [4.78, 5) is 22.8. The molecule has 62 heavy (non-hydrogen) atoms. The fourth-order valence-electron chi connectivity index (χ4n) is 8.21. The Bertz CT molecular complexity index is 1030. The quantitative estimate of drug-likeness (QED) is 0.0272. The van der Waals surface area contributed by atoms with Crippen molar-refractivity contribution in [2.75, 3.05) is 19.8 Å². The summed E-state index contributed by atoms with van der Waals surface area (Å²) in [5, 5.41) is 13.7. The van der Waals surface area contributed by atoms with E-state index in [-0.39, 0.29) is 25.7 Å². The summed E-state index contributed by atoms with van der Waals surface area (Å²) in [5.41, 5.74) is 5.40. The van der Waals surface area contributed by atoms with Crippen molar-refractivity contribution in [1.29, 1.82) is 0 Å². The highest BCUT2D eigenvalue weighted by molar-refractivity contribution is 7.47. The van der Waals surface area contributed by atoms with Crippen LogP contribution in [0, 0.1) is 0 Å². The highest BCUT2D eigenvalue weighted by atomic mass is 31.2. The molecule has 0 aliphatic heterocycles. The van der Waals surface area contributed by atoms with Gasteiger partial charge in [-0.3, -0.25) is 13.8 Å². The van der Waals surface area contributed by atoms with Crippen LogP contribution in [0.1, 0.15) is 277 Å². The molecule has 368 valence electrons. The number of allylic oxidation sites excluding steroid dienone is 3. The Morgan fingerprint density at radius 1 is 0.516 bits per heavy atom. The van der Waals surface area contributed by atoms with Gasteiger partial charge in [0.1, 0.15) is 0 Å². The van der Waals surface area contributed by atoms with E-state index in [4.69, 9.17) is 14.8 Å². The Kier molecular flexibility index (Phi) is 48.6. The Labute approximate surface area is 385 Å². The minimum atomic E-state index is -4.35. The molecule has 0 saturated carbocycles. The van der Waals surface area contributed by atoms with Gasteiger partial charge in [-0.25, -0.2) is 4.57 Å². The van der Waals surface area contributed by atoms with Crippen molar-refractivity contribution in [3.05, 3.63) is 24.3 Å². The molecule has 0 saturated heterocycles. The van der Waals surface area contributed by atoms with Crippen LogP contribution >= 0.6 is 7.82 Å². The molecule has 3 unspecified atom stereocenters. The number of phosphoric acid groups is 1. The van der Waals surface area contributed by atoms with Crippen molar-refractivity contribution in [1.82, 2.24) is 5.32 Å². The molecule has 0 bridgehead atoms. The van der Waals surface area contributed by atoms with Crippen molar-refractivity contribution in [2.45, 2.75) is 289 Å².